The smallest absolute Gasteiger partial charge is 0.0537 e. The SMILES string of the molecule is C1=CCC(N2C3C=CC(C4=Cc5c(n(-c6ccccc6)c6ccccc56)CC4)=CC3C3C=CC(c4ccccc4)=CC32)C=C1. The lowest BCUT2D eigenvalue weighted by molar-refractivity contribution is 0.193. The highest BCUT2D eigenvalue weighted by Crippen LogP contribution is 2.48. The molecule has 0 radical (unpaired) electrons. The second-order valence-electron chi connectivity index (χ2n) is 12.7. The molecule has 2 heteroatoms. The molecule has 1 aliphatic heterocycles. The number of allylic oxidation sites excluding steroid dienone is 7. The van der Waals surface area contributed by atoms with Crippen molar-refractivity contribution in [1.29, 1.82) is 0 Å². The van der Waals surface area contributed by atoms with Crippen molar-refractivity contribution in [2.75, 3.05) is 0 Å². The molecule has 0 spiro atoms. The quantitative estimate of drug-likeness (QED) is 0.238. The van der Waals surface area contributed by atoms with Gasteiger partial charge < -0.3 is 4.57 Å². The summed E-state index contributed by atoms with van der Waals surface area (Å²) >= 11 is 0. The summed E-state index contributed by atoms with van der Waals surface area (Å²) in [5.41, 5.74) is 10.9. The molecule has 0 bridgehead atoms. The van der Waals surface area contributed by atoms with Crippen molar-refractivity contribution in [3.05, 3.63) is 174 Å². The molecule has 214 valence electrons. The fraction of sp³-hybridized carbons (Fsp3) is 0.190. The number of rotatable bonds is 4. The Morgan fingerprint density at radius 3 is 2.27 bits per heavy atom. The van der Waals surface area contributed by atoms with Crippen molar-refractivity contribution in [3.63, 3.8) is 0 Å². The van der Waals surface area contributed by atoms with Crippen LogP contribution in [0.5, 0.6) is 0 Å². The Kier molecular flexibility index (Phi) is 6.16. The zero-order valence-corrected chi connectivity index (χ0v) is 24.8. The van der Waals surface area contributed by atoms with Gasteiger partial charge in [-0.05, 0) is 65.8 Å². The van der Waals surface area contributed by atoms with Crippen LogP contribution in [-0.4, -0.2) is 27.6 Å². The van der Waals surface area contributed by atoms with Crippen LogP contribution in [0.1, 0.15) is 29.7 Å². The molecule has 2 heterocycles. The van der Waals surface area contributed by atoms with Crippen molar-refractivity contribution in [1.82, 2.24) is 9.47 Å². The maximum Gasteiger partial charge on any atom is 0.0537 e. The summed E-state index contributed by atoms with van der Waals surface area (Å²) in [6.07, 6.45) is 29.9. The second kappa shape index (κ2) is 10.5. The third-order valence-electron chi connectivity index (χ3n) is 10.4. The number of para-hydroxylation sites is 2. The number of fused-ring (bicyclic) bond motifs is 6. The van der Waals surface area contributed by atoms with Crippen molar-refractivity contribution in [3.8, 4) is 5.69 Å². The summed E-state index contributed by atoms with van der Waals surface area (Å²) in [6, 6.07) is 31.8. The molecule has 4 aromatic rings. The molecule has 1 saturated heterocycles. The number of nitrogens with zero attached hydrogens (tertiary/aromatic N) is 2. The van der Waals surface area contributed by atoms with E-state index in [1.807, 2.05) is 0 Å². The van der Waals surface area contributed by atoms with Gasteiger partial charge in [0.1, 0.15) is 0 Å². The largest absolute Gasteiger partial charge is 0.313 e. The molecule has 5 unspecified atom stereocenters. The average Bonchev–Trinajstić information content (AvgIpc) is 3.61. The molecular formula is C42H36N2. The first-order valence-corrected chi connectivity index (χ1v) is 16.2. The van der Waals surface area contributed by atoms with Gasteiger partial charge in [0.15, 0.2) is 0 Å². The predicted molar refractivity (Wildman–Crippen MR) is 183 cm³/mol. The lowest BCUT2D eigenvalue weighted by Crippen LogP contribution is -2.44. The fourth-order valence-electron chi connectivity index (χ4n) is 8.44. The van der Waals surface area contributed by atoms with E-state index in [2.05, 4.69) is 161 Å². The second-order valence-corrected chi connectivity index (χ2v) is 12.7. The van der Waals surface area contributed by atoms with Crippen LogP contribution in [0.15, 0.2) is 157 Å². The van der Waals surface area contributed by atoms with Crippen molar-refractivity contribution >= 4 is 22.6 Å². The van der Waals surface area contributed by atoms with Gasteiger partial charge in [0.2, 0.25) is 0 Å². The van der Waals surface area contributed by atoms with Gasteiger partial charge in [0.25, 0.3) is 0 Å². The Balaban J connectivity index is 1.10. The van der Waals surface area contributed by atoms with Crippen LogP contribution in [-0.2, 0) is 6.42 Å². The lowest BCUT2D eigenvalue weighted by Gasteiger charge is -2.36. The topological polar surface area (TPSA) is 8.17 Å². The van der Waals surface area contributed by atoms with Gasteiger partial charge in [-0.3, -0.25) is 4.90 Å². The molecule has 4 aliphatic carbocycles. The van der Waals surface area contributed by atoms with Gasteiger partial charge in [-0.2, -0.15) is 0 Å². The van der Waals surface area contributed by atoms with Gasteiger partial charge >= 0.3 is 0 Å². The molecule has 1 aromatic heterocycles. The minimum atomic E-state index is 0.377. The number of benzene rings is 3. The van der Waals surface area contributed by atoms with Gasteiger partial charge in [0.05, 0.1) is 5.52 Å². The molecule has 5 aliphatic rings. The molecule has 3 aromatic carbocycles. The zero-order valence-electron chi connectivity index (χ0n) is 24.8. The highest BCUT2D eigenvalue weighted by atomic mass is 15.2. The summed E-state index contributed by atoms with van der Waals surface area (Å²) in [4.78, 5) is 2.80. The van der Waals surface area contributed by atoms with E-state index >= 15 is 0 Å². The Hall–Kier alpha value is -4.66. The predicted octanol–water partition coefficient (Wildman–Crippen LogP) is 9.28. The standard InChI is InChI=1S/C42H36N2/c1-4-12-29(13-5-1)32-20-23-36-38-27-31(22-25-41(38)44(42(36)28-32)34-16-8-3-9-17-34)30-21-24-40-37(26-30)35-18-10-11-19-39(35)43(40)33-14-6-2-7-15-33/h1-16,18-20,22-23,25-28,34,36,38,41-42H,17,21,24H2. The van der Waals surface area contributed by atoms with Crippen molar-refractivity contribution < 1.29 is 0 Å². The molecule has 5 atom stereocenters. The van der Waals surface area contributed by atoms with Crippen LogP contribution in [0, 0.1) is 11.8 Å². The first-order valence-electron chi connectivity index (χ1n) is 16.2. The maximum absolute atomic E-state index is 2.80. The van der Waals surface area contributed by atoms with Gasteiger partial charge in [-0.25, -0.2) is 0 Å². The number of hydrogen-bond acceptors (Lipinski definition) is 1. The minimum absolute atomic E-state index is 0.377. The average molecular weight is 569 g/mol. The fourth-order valence-corrected chi connectivity index (χ4v) is 8.44. The van der Waals surface area contributed by atoms with E-state index in [4.69, 9.17) is 0 Å². The Morgan fingerprint density at radius 1 is 0.636 bits per heavy atom. The molecule has 44 heavy (non-hydrogen) atoms. The molecule has 2 nitrogen and oxygen atoms in total. The van der Waals surface area contributed by atoms with E-state index in [1.165, 1.54) is 50.1 Å². The first kappa shape index (κ1) is 25.8. The molecule has 0 amide bonds. The molecule has 0 N–H and O–H groups in total. The Bertz CT molecular complexity index is 1960. The van der Waals surface area contributed by atoms with E-state index in [-0.39, 0.29) is 0 Å². The third-order valence-corrected chi connectivity index (χ3v) is 10.4. The van der Waals surface area contributed by atoms with Gasteiger partial charge in [-0.1, -0.05) is 127 Å². The highest BCUT2D eigenvalue weighted by Gasteiger charge is 2.48. The highest BCUT2D eigenvalue weighted by molar-refractivity contribution is 5.94. The number of likely N-dealkylation sites (tertiary alicyclic amines) is 1. The van der Waals surface area contributed by atoms with E-state index in [0.717, 1.165) is 19.3 Å². The summed E-state index contributed by atoms with van der Waals surface area (Å²) < 4.78 is 2.48. The summed E-state index contributed by atoms with van der Waals surface area (Å²) in [5.74, 6) is 0.920. The molecule has 0 saturated carbocycles. The monoisotopic (exact) mass is 568 g/mol. The van der Waals surface area contributed by atoms with Crippen molar-refractivity contribution in [2.45, 2.75) is 37.4 Å². The summed E-state index contributed by atoms with van der Waals surface area (Å²) in [7, 11) is 0. The van der Waals surface area contributed by atoms with E-state index in [9.17, 15) is 0 Å². The van der Waals surface area contributed by atoms with Crippen LogP contribution in [0.3, 0.4) is 0 Å². The van der Waals surface area contributed by atoms with Crippen LogP contribution in [0.2, 0.25) is 0 Å². The molecule has 9 rings (SSSR count). The minimum Gasteiger partial charge on any atom is -0.313 e. The number of hydrogen-bond donors (Lipinski definition) is 0. The van der Waals surface area contributed by atoms with Gasteiger partial charge in [-0.15, -0.1) is 0 Å². The maximum atomic E-state index is 2.80. The summed E-state index contributed by atoms with van der Waals surface area (Å²) in [6.45, 7) is 0. The molecular weight excluding hydrogens is 532 g/mol. The number of aromatic nitrogens is 1. The van der Waals surface area contributed by atoms with Gasteiger partial charge in [0, 0.05) is 52.3 Å². The lowest BCUT2D eigenvalue weighted by atomic mass is 9.78. The zero-order chi connectivity index (χ0) is 29.0. The Labute approximate surface area is 260 Å². The van der Waals surface area contributed by atoms with E-state index < -0.39 is 0 Å². The summed E-state index contributed by atoms with van der Waals surface area (Å²) in [5, 5.41) is 1.35. The first-order chi connectivity index (χ1) is 21.8. The van der Waals surface area contributed by atoms with Crippen molar-refractivity contribution in [2.24, 2.45) is 11.8 Å². The normalized spacial score (nSPS) is 27.0. The van der Waals surface area contributed by atoms with E-state index in [1.54, 1.807) is 0 Å². The van der Waals surface area contributed by atoms with Crippen LogP contribution >= 0.6 is 0 Å². The third kappa shape index (κ3) is 4.12. The Morgan fingerprint density at radius 2 is 1.43 bits per heavy atom. The van der Waals surface area contributed by atoms with E-state index in [0.29, 0.717) is 30.0 Å². The van der Waals surface area contributed by atoms with Crippen LogP contribution < -0.4 is 0 Å². The van der Waals surface area contributed by atoms with Crippen LogP contribution in [0.4, 0.5) is 0 Å². The van der Waals surface area contributed by atoms with Crippen LogP contribution in [0.25, 0.3) is 28.2 Å². The molecule has 1 fully saturated rings.